The predicted octanol–water partition coefficient (Wildman–Crippen LogP) is 4.92. The molecule has 4 rings (SSSR count). The van der Waals surface area contributed by atoms with E-state index in [1.165, 1.54) is 6.33 Å². The van der Waals surface area contributed by atoms with E-state index in [0.717, 1.165) is 5.69 Å². The maximum absolute atomic E-state index is 12.4. The van der Waals surface area contributed by atoms with E-state index in [1.54, 1.807) is 42.9 Å². The summed E-state index contributed by atoms with van der Waals surface area (Å²) in [7, 11) is -2.33. The van der Waals surface area contributed by atoms with Gasteiger partial charge in [0.05, 0.1) is 21.6 Å². The first kappa shape index (κ1) is 22.8. The molecule has 0 bridgehead atoms. The molecule has 9 nitrogen and oxygen atoms in total. The molecule has 4 aromatic rings. The van der Waals surface area contributed by atoms with Crippen molar-refractivity contribution in [3.63, 3.8) is 0 Å². The Morgan fingerprint density at radius 2 is 2.06 bits per heavy atom. The molecular weight excluding hydrogens is 464 g/mol. The summed E-state index contributed by atoms with van der Waals surface area (Å²) in [6, 6.07) is 8.89. The molecule has 33 heavy (non-hydrogen) atoms. The standard InChI is InChI=1S/C22H23ClN6O3S/c1-5-33(4,30)29-15-10-16(23)20-18(11-15)25-12-26-21(20)27-17-7-6-8-24-22(17)31-14(3)19-9-13(2)28-32-19/h5-12,14H,1-4H3,(H,29,30)(H,25,26,27)/t14-,33?/m1/s1. The van der Waals surface area contributed by atoms with Crippen LogP contribution in [0.5, 0.6) is 5.88 Å². The minimum absolute atomic E-state index is 0.365. The SMILES string of the molecule is CC=S(C)(=O)Nc1cc(Cl)c2c(Nc3cccnc3O[C@H](C)c3cc(C)no3)ncnc2c1. The van der Waals surface area contributed by atoms with Crippen molar-refractivity contribution in [1.82, 2.24) is 20.1 Å². The van der Waals surface area contributed by atoms with Crippen molar-refractivity contribution < 1.29 is 13.5 Å². The largest absolute Gasteiger partial charge is 0.465 e. The second kappa shape index (κ2) is 9.24. The molecule has 0 spiro atoms. The Bertz CT molecular complexity index is 1430. The highest BCUT2D eigenvalue weighted by molar-refractivity contribution is 8.01. The molecule has 3 aromatic heterocycles. The zero-order valence-electron chi connectivity index (χ0n) is 18.5. The van der Waals surface area contributed by atoms with E-state index in [0.29, 0.717) is 44.8 Å². The lowest BCUT2D eigenvalue weighted by atomic mass is 10.2. The van der Waals surface area contributed by atoms with Crippen molar-refractivity contribution in [2.75, 3.05) is 16.3 Å². The van der Waals surface area contributed by atoms with Crippen LogP contribution in [0.25, 0.3) is 10.9 Å². The molecule has 172 valence electrons. The van der Waals surface area contributed by atoms with Gasteiger partial charge in [0.2, 0.25) is 5.88 Å². The van der Waals surface area contributed by atoms with Gasteiger partial charge in [0, 0.05) is 33.9 Å². The number of ether oxygens (including phenoxy) is 1. The van der Waals surface area contributed by atoms with Crippen LogP contribution >= 0.6 is 11.6 Å². The third kappa shape index (κ3) is 5.18. The molecule has 0 aliphatic rings. The highest BCUT2D eigenvalue weighted by Crippen LogP contribution is 2.35. The molecule has 1 aromatic carbocycles. The molecule has 0 aliphatic heterocycles. The number of nitrogens with one attached hydrogen (secondary N) is 2. The van der Waals surface area contributed by atoms with Crippen LogP contribution in [-0.4, -0.2) is 35.9 Å². The Hall–Kier alpha value is -3.37. The van der Waals surface area contributed by atoms with Gasteiger partial charge in [0.1, 0.15) is 17.8 Å². The Labute approximate surface area is 196 Å². The van der Waals surface area contributed by atoms with Gasteiger partial charge in [-0.05, 0) is 50.4 Å². The third-order valence-electron chi connectivity index (χ3n) is 4.82. The van der Waals surface area contributed by atoms with Crippen molar-refractivity contribution in [2.24, 2.45) is 0 Å². The van der Waals surface area contributed by atoms with Gasteiger partial charge in [-0.1, -0.05) is 16.8 Å². The van der Waals surface area contributed by atoms with Gasteiger partial charge in [-0.3, -0.25) is 0 Å². The fraction of sp³-hybridized carbons (Fsp3) is 0.227. The van der Waals surface area contributed by atoms with E-state index in [2.05, 4.69) is 30.1 Å². The van der Waals surface area contributed by atoms with Crippen molar-refractivity contribution in [3.05, 3.63) is 59.3 Å². The fourth-order valence-electron chi connectivity index (χ4n) is 3.10. The van der Waals surface area contributed by atoms with Crippen LogP contribution in [0.4, 0.5) is 17.2 Å². The highest BCUT2D eigenvalue weighted by Gasteiger charge is 2.17. The van der Waals surface area contributed by atoms with Crippen LogP contribution in [-0.2, 0) is 9.71 Å². The summed E-state index contributed by atoms with van der Waals surface area (Å²) in [6.07, 6.45) is 4.27. The molecule has 0 saturated carbocycles. The average Bonchev–Trinajstić information content (AvgIpc) is 3.21. The molecule has 0 fully saturated rings. The highest BCUT2D eigenvalue weighted by atomic mass is 35.5. The number of aromatic nitrogens is 4. The summed E-state index contributed by atoms with van der Waals surface area (Å²) >= 11 is 6.58. The lowest BCUT2D eigenvalue weighted by Crippen LogP contribution is -2.12. The molecule has 2 N–H and O–H groups in total. The monoisotopic (exact) mass is 486 g/mol. The second-order valence-corrected chi connectivity index (χ2v) is 10.3. The van der Waals surface area contributed by atoms with Gasteiger partial charge in [-0.15, -0.1) is 0 Å². The second-order valence-electron chi connectivity index (χ2n) is 7.43. The van der Waals surface area contributed by atoms with E-state index < -0.39 is 15.8 Å². The van der Waals surface area contributed by atoms with E-state index >= 15 is 0 Å². The number of aryl methyl sites for hydroxylation is 1. The van der Waals surface area contributed by atoms with Crippen LogP contribution < -0.4 is 14.8 Å². The molecule has 0 saturated heterocycles. The van der Waals surface area contributed by atoms with Crippen molar-refractivity contribution >= 4 is 54.8 Å². The minimum Gasteiger partial charge on any atom is -0.465 e. The summed E-state index contributed by atoms with van der Waals surface area (Å²) in [6.45, 7) is 5.43. The number of hydrogen-bond acceptors (Lipinski definition) is 8. The molecular formula is C22H23ClN6O3S. The number of anilines is 3. The molecule has 2 atom stereocenters. The predicted molar refractivity (Wildman–Crippen MR) is 132 cm³/mol. The smallest absolute Gasteiger partial charge is 0.238 e. The van der Waals surface area contributed by atoms with Gasteiger partial charge in [-0.25, -0.2) is 19.2 Å². The van der Waals surface area contributed by atoms with Gasteiger partial charge >= 0.3 is 0 Å². The minimum atomic E-state index is -2.33. The van der Waals surface area contributed by atoms with E-state index in [9.17, 15) is 4.21 Å². The summed E-state index contributed by atoms with van der Waals surface area (Å²) in [4.78, 5) is 13.0. The maximum atomic E-state index is 12.4. The van der Waals surface area contributed by atoms with E-state index in [-0.39, 0.29) is 0 Å². The van der Waals surface area contributed by atoms with Crippen molar-refractivity contribution in [2.45, 2.75) is 26.9 Å². The van der Waals surface area contributed by atoms with Crippen molar-refractivity contribution in [1.29, 1.82) is 0 Å². The summed E-state index contributed by atoms with van der Waals surface area (Å²) in [5, 5.41) is 9.78. The lowest BCUT2D eigenvalue weighted by Gasteiger charge is -2.16. The quantitative estimate of drug-likeness (QED) is 0.353. The normalized spacial score (nSPS) is 13.8. The molecule has 0 amide bonds. The van der Waals surface area contributed by atoms with Crippen LogP contribution in [0.15, 0.2) is 47.4 Å². The lowest BCUT2D eigenvalue weighted by molar-refractivity contribution is 0.176. The van der Waals surface area contributed by atoms with Crippen molar-refractivity contribution in [3.8, 4) is 5.88 Å². The topological polar surface area (TPSA) is 115 Å². The van der Waals surface area contributed by atoms with Gasteiger partial charge < -0.3 is 19.3 Å². The molecule has 0 radical (unpaired) electrons. The molecule has 1 unspecified atom stereocenters. The Morgan fingerprint density at radius 1 is 1.24 bits per heavy atom. The Kier molecular flexibility index (Phi) is 6.39. The van der Waals surface area contributed by atoms with Crippen LogP contribution in [0, 0.1) is 6.92 Å². The zero-order chi connectivity index (χ0) is 23.6. The van der Waals surface area contributed by atoms with Gasteiger partial charge in [0.15, 0.2) is 11.9 Å². The number of fused-ring (bicyclic) bond motifs is 1. The zero-order valence-corrected chi connectivity index (χ0v) is 20.1. The number of nitrogens with zero attached hydrogens (tertiary/aromatic N) is 4. The molecule has 0 aliphatic carbocycles. The number of halogens is 1. The Balaban J connectivity index is 1.66. The Morgan fingerprint density at radius 3 is 2.79 bits per heavy atom. The van der Waals surface area contributed by atoms with Gasteiger partial charge in [0.25, 0.3) is 0 Å². The van der Waals surface area contributed by atoms with E-state index in [4.69, 9.17) is 20.9 Å². The number of hydrogen-bond donors (Lipinski definition) is 2. The average molecular weight is 487 g/mol. The first-order chi connectivity index (χ1) is 15.8. The van der Waals surface area contributed by atoms with E-state index in [1.807, 2.05) is 26.0 Å². The summed E-state index contributed by atoms with van der Waals surface area (Å²) in [5.41, 5.74) is 2.55. The molecule has 11 heteroatoms. The first-order valence-corrected chi connectivity index (χ1v) is 12.5. The van der Waals surface area contributed by atoms with Crippen LogP contribution in [0.2, 0.25) is 5.02 Å². The maximum Gasteiger partial charge on any atom is 0.238 e. The third-order valence-corrected chi connectivity index (χ3v) is 6.66. The fourth-order valence-corrected chi connectivity index (χ4v) is 4.10. The number of pyridine rings is 1. The van der Waals surface area contributed by atoms with Crippen LogP contribution in [0.3, 0.4) is 0 Å². The summed E-state index contributed by atoms with van der Waals surface area (Å²) < 4.78 is 26.7. The number of benzene rings is 1. The van der Waals surface area contributed by atoms with Gasteiger partial charge in [-0.2, -0.15) is 0 Å². The molecule has 3 heterocycles. The summed E-state index contributed by atoms with van der Waals surface area (Å²) in [5.74, 6) is 1.44. The first-order valence-electron chi connectivity index (χ1n) is 10.1. The number of rotatable bonds is 7. The van der Waals surface area contributed by atoms with Crippen LogP contribution in [0.1, 0.15) is 31.4 Å².